The second-order valence-electron chi connectivity index (χ2n) is 4.10. The molecule has 2 aromatic carbocycles. The molecule has 0 spiro atoms. The zero-order chi connectivity index (χ0) is 14.5. The van der Waals surface area contributed by atoms with E-state index in [9.17, 15) is 4.79 Å². The molecule has 0 amide bonds. The van der Waals surface area contributed by atoms with Gasteiger partial charge in [-0.15, -0.1) is 0 Å². The molecule has 2 aromatic rings. The summed E-state index contributed by atoms with van der Waals surface area (Å²) in [7, 11) is 0. The average Bonchev–Trinajstić information content (AvgIpc) is 2.43. The molecule has 0 aliphatic carbocycles. The van der Waals surface area contributed by atoms with Crippen LogP contribution in [0, 0.1) is 6.92 Å². The molecule has 5 heteroatoms. The summed E-state index contributed by atoms with van der Waals surface area (Å²) < 4.78 is 10.4. The summed E-state index contributed by atoms with van der Waals surface area (Å²) in [6.07, 6.45) is 0. The van der Waals surface area contributed by atoms with E-state index >= 15 is 0 Å². The number of hydrogen-bond acceptors (Lipinski definition) is 3. The molecule has 0 fully saturated rings. The first-order valence-corrected chi connectivity index (χ1v) is 6.66. The standard InChI is InChI=1S/C15H12Cl2O3/c1-10-8-11(6-7-12(10)16)19-9-15(18)20-14-5-3-2-4-13(14)17/h2-8H,9H2,1H3. The fraction of sp³-hybridized carbons (Fsp3) is 0.133. The molecule has 0 atom stereocenters. The number of hydrogen-bond donors (Lipinski definition) is 0. The van der Waals surface area contributed by atoms with Gasteiger partial charge in [0.2, 0.25) is 0 Å². The van der Waals surface area contributed by atoms with Crippen molar-refractivity contribution in [1.29, 1.82) is 0 Å². The minimum absolute atomic E-state index is 0.202. The lowest BCUT2D eigenvalue weighted by Crippen LogP contribution is -2.17. The lowest BCUT2D eigenvalue weighted by molar-refractivity contribution is -0.136. The van der Waals surface area contributed by atoms with E-state index in [0.29, 0.717) is 21.5 Å². The van der Waals surface area contributed by atoms with Gasteiger partial charge in [0.05, 0.1) is 5.02 Å². The van der Waals surface area contributed by atoms with Crippen LogP contribution in [0.15, 0.2) is 42.5 Å². The number of esters is 1. The van der Waals surface area contributed by atoms with Crippen molar-refractivity contribution in [3.8, 4) is 11.5 Å². The third kappa shape index (κ3) is 3.89. The highest BCUT2D eigenvalue weighted by Crippen LogP contribution is 2.24. The molecule has 0 aromatic heterocycles. The van der Waals surface area contributed by atoms with E-state index in [4.69, 9.17) is 32.7 Å². The first kappa shape index (κ1) is 14.7. The zero-order valence-corrected chi connectivity index (χ0v) is 12.2. The summed E-state index contributed by atoms with van der Waals surface area (Å²) in [4.78, 5) is 11.7. The molecule has 0 saturated heterocycles. The Kier molecular flexibility index (Phi) is 4.88. The lowest BCUT2D eigenvalue weighted by atomic mass is 10.2. The van der Waals surface area contributed by atoms with Gasteiger partial charge in [-0.3, -0.25) is 0 Å². The number of para-hydroxylation sites is 1. The molecule has 0 bridgehead atoms. The van der Waals surface area contributed by atoms with Crippen LogP contribution in [0.3, 0.4) is 0 Å². The van der Waals surface area contributed by atoms with E-state index < -0.39 is 5.97 Å². The Morgan fingerprint density at radius 2 is 1.85 bits per heavy atom. The topological polar surface area (TPSA) is 35.5 Å². The Bertz CT molecular complexity index is 626. The minimum Gasteiger partial charge on any atom is -0.482 e. The number of halogens is 2. The monoisotopic (exact) mass is 310 g/mol. The number of aryl methyl sites for hydroxylation is 1. The van der Waals surface area contributed by atoms with Gasteiger partial charge in [0.1, 0.15) is 11.5 Å². The van der Waals surface area contributed by atoms with E-state index in [1.807, 2.05) is 6.92 Å². The Hall–Kier alpha value is -1.71. The Balaban J connectivity index is 1.92. The molecule has 0 heterocycles. The molecule has 0 aliphatic rings. The highest BCUT2D eigenvalue weighted by Gasteiger charge is 2.09. The van der Waals surface area contributed by atoms with Crippen molar-refractivity contribution < 1.29 is 14.3 Å². The van der Waals surface area contributed by atoms with Gasteiger partial charge >= 0.3 is 5.97 Å². The van der Waals surface area contributed by atoms with Gasteiger partial charge in [-0.25, -0.2) is 4.79 Å². The van der Waals surface area contributed by atoms with Gasteiger partial charge in [0.15, 0.2) is 6.61 Å². The molecule has 2 rings (SSSR count). The fourth-order valence-corrected chi connectivity index (χ4v) is 1.82. The normalized spacial score (nSPS) is 10.2. The van der Waals surface area contributed by atoms with Gasteiger partial charge < -0.3 is 9.47 Å². The summed E-state index contributed by atoms with van der Waals surface area (Å²) in [5.74, 6) is 0.351. The first-order chi connectivity index (χ1) is 9.56. The van der Waals surface area contributed by atoms with Gasteiger partial charge in [0.25, 0.3) is 0 Å². The number of benzene rings is 2. The maximum Gasteiger partial charge on any atom is 0.349 e. The molecule has 0 unspecified atom stereocenters. The van der Waals surface area contributed by atoms with Gasteiger partial charge in [-0.1, -0.05) is 35.3 Å². The molecule has 20 heavy (non-hydrogen) atoms. The van der Waals surface area contributed by atoms with Crippen molar-refractivity contribution in [2.45, 2.75) is 6.92 Å². The molecule has 104 valence electrons. The van der Waals surface area contributed by atoms with Crippen molar-refractivity contribution in [2.75, 3.05) is 6.61 Å². The summed E-state index contributed by atoms with van der Waals surface area (Å²) in [6, 6.07) is 11.9. The van der Waals surface area contributed by atoms with Crippen LogP contribution in [0.4, 0.5) is 0 Å². The Morgan fingerprint density at radius 1 is 1.10 bits per heavy atom. The Labute approximate surface area is 127 Å². The second kappa shape index (κ2) is 6.64. The number of ether oxygens (including phenoxy) is 2. The van der Waals surface area contributed by atoms with Crippen LogP contribution in [0.25, 0.3) is 0 Å². The van der Waals surface area contributed by atoms with Crippen LogP contribution in [0.2, 0.25) is 10.0 Å². The predicted molar refractivity (Wildman–Crippen MR) is 78.8 cm³/mol. The highest BCUT2D eigenvalue weighted by atomic mass is 35.5. The number of carbonyl (C=O) groups excluding carboxylic acids is 1. The van der Waals surface area contributed by atoms with Crippen LogP contribution in [-0.2, 0) is 4.79 Å². The summed E-state index contributed by atoms with van der Waals surface area (Å²) in [5.41, 5.74) is 0.878. The second-order valence-corrected chi connectivity index (χ2v) is 4.92. The van der Waals surface area contributed by atoms with Crippen molar-refractivity contribution in [1.82, 2.24) is 0 Å². The number of carbonyl (C=O) groups is 1. The minimum atomic E-state index is -0.522. The quantitative estimate of drug-likeness (QED) is 0.624. The van der Waals surface area contributed by atoms with Crippen LogP contribution >= 0.6 is 23.2 Å². The predicted octanol–water partition coefficient (Wildman–Crippen LogP) is 4.29. The highest BCUT2D eigenvalue weighted by molar-refractivity contribution is 6.32. The lowest BCUT2D eigenvalue weighted by Gasteiger charge is -2.08. The van der Waals surface area contributed by atoms with Gasteiger partial charge in [-0.2, -0.15) is 0 Å². The summed E-state index contributed by atoms with van der Waals surface area (Å²) in [6.45, 7) is 1.66. The third-order valence-electron chi connectivity index (χ3n) is 2.55. The smallest absolute Gasteiger partial charge is 0.349 e. The van der Waals surface area contributed by atoms with Crippen LogP contribution < -0.4 is 9.47 Å². The molecule has 0 saturated carbocycles. The molecular weight excluding hydrogens is 299 g/mol. The fourth-order valence-electron chi connectivity index (χ4n) is 1.53. The van der Waals surface area contributed by atoms with Crippen LogP contribution in [0.5, 0.6) is 11.5 Å². The van der Waals surface area contributed by atoms with E-state index in [1.54, 1.807) is 42.5 Å². The third-order valence-corrected chi connectivity index (χ3v) is 3.28. The van der Waals surface area contributed by atoms with E-state index in [1.165, 1.54) is 0 Å². The van der Waals surface area contributed by atoms with Crippen molar-refractivity contribution in [2.24, 2.45) is 0 Å². The molecular formula is C15H12Cl2O3. The number of rotatable bonds is 4. The summed E-state index contributed by atoms with van der Waals surface area (Å²) >= 11 is 11.8. The molecule has 0 aliphatic heterocycles. The maximum atomic E-state index is 11.7. The Morgan fingerprint density at radius 3 is 2.55 bits per heavy atom. The van der Waals surface area contributed by atoms with Gasteiger partial charge in [-0.05, 0) is 42.8 Å². The molecule has 3 nitrogen and oxygen atoms in total. The summed E-state index contributed by atoms with van der Waals surface area (Å²) in [5, 5.41) is 1.03. The molecule has 0 radical (unpaired) electrons. The zero-order valence-electron chi connectivity index (χ0n) is 10.7. The van der Waals surface area contributed by atoms with E-state index in [2.05, 4.69) is 0 Å². The molecule has 0 N–H and O–H groups in total. The first-order valence-electron chi connectivity index (χ1n) is 5.90. The van der Waals surface area contributed by atoms with E-state index in [0.717, 1.165) is 5.56 Å². The van der Waals surface area contributed by atoms with Gasteiger partial charge in [0, 0.05) is 5.02 Å². The van der Waals surface area contributed by atoms with Crippen LogP contribution in [-0.4, -0.2) is 12.6 Å². The largest absolute Gasteiger partial charge is 0.482 e. The van der Waals surface area contributed by atoms with Crippen LogP contribution in [0.1, 0.15) is 5.56 Å². The SMILES string of the molecule is Cc1cc(OCC(=O)Oc2ccccc2Cl)ccc1Cl. The van der Waals surface area contributed by atoms with Crippen molar-refractivity contribution in [3.05, 3.63) is 58.1 Å². The van der Waals surface area contributed by atoms with Crippen molar-refractivity contribution >= 4 is 29.2 Å². The van der Waals surface area contributed by atoms with Crippen molar-refractivity contribution in [3.63, 3.8) is 0 Å². The maximum absolute atomic E-state index is 11.7. The average molecular weight is 311 g/mol. The van der Waals surface area contributed by atoms with E-state index in [-0.39, 0.29) is 6.61 Å².